The van der Waals surface area contributed by atoms with Crippen molar-refractivity contribution in [3.63, 3.8) is 0 Å². The summed E-state index contributed by atoms with van der Waals surface area (Å²) in [6, 6.07) is 0. The van der Waals surface area contributed by atoms with Gasteiger partial charge in [-0.15, -0.1) is 0 Å². The normalized spacial score (nSPS) is 16.5. The van der Waals surface area contributed by atoms with Crippen molar-refractivity contribution in [3.8, 4) is 0 Å². The highest BCUT2D eigenvalue weighted by Gasteiger charge is 2.14. The summed E-state index contributed by atoms with van der Waals surface area (Å²) in [5.74, 6) is 0.292. The van der Waals surface area contributed by atoms with Gasteiger partial charge in [0.2, 0.25) is 5.91 Å². The van der Waals surface area contributed by atoms with E-state index in [1.54, 1.807) is 4.90 Å². The third-order valence-electron chi connectivity index (χ3n) is 1.58. The Morgan fingerprint density at radius 1 is 1.57 bits per heavy atom. The Kier molecular flexibility index (Phi) is 5.66. The van der Waals surface area contributed by atoms with Crippen molar-refractivity contribution in [2.75, 3.05) is 20.2 Å². The van der Waals surface area contributed by atoms with Gasteiger partial charge in [-0.2, -0.15) is 8.42 Å². The first kappa shape index (κ1) is 13.3. The van der Waals surface area contributed by atoms with Crippen molar-refractivity contribution in [2.24, 2.45) is 0 Å². The number of hydrogen-bond acceptors (Lipinski definition) is 4. The molecule has 0 aromatic heterocycles. The van der Waals surface area contributed by atoms with Crippen molar-refractivity contribution < 1.29 is 21.9 Å². The minimum absolute atomic E-state index is 0.0289. The van der Waals surface area contributed by atoms with Crippen LogP contribution in [0.1, 0.15) is 19.8 Å². The van der Waals surface area contributed by atoms with Gasteiger partial charge in [0.15, 0.2) is 0 Å². The van der Waals surface area contributed by atoms with Crippen molar-refractivity contribution in [1.82, 2.24) is 4.90 Å². The quantitative estimate of drug-likeness (QED) is 0.672. The maximum Gasteiger partial charge on any atom is 0.397 e. The van der Waals surface area contributed by atoms with Crippen LogP contribution in [0.2, 0.25) is 0 Å². The van der Waals surface area contributed by atoms with Crippen LogP contribution in [-0.4, -0.2) is 44.0 Å². The topological polar surface area (TPSA) is 83.9 Å². The summed E-state index contributed by atoms with van der Waals surface area (Å²) in [4.78, 5) is 12.3. The second-order valence-electron chi connectivity index (χ2n) is 2.75. The monoisotopic (exact) mass is 225 g/mol. The van der Waals surface area contributed by atoms with Crippen LogP contribution in [0.15, 0.2) is 0 Å². The average molecular weight is 225 g/mol. The minimum atomic E-state index is -4.17. The summed E-state index contributed by atoms with van der Waals surface area (Å²) in [5, 5.41) is 0. The van der Waals surface area contributed by atoms with Crippen LogP contribution in [0, 0.1) is 0 Å². The second-order valence-corrected chi connectivity index (χ2v) is 3.84. The van der Waals surface area contributed by atoms with Crippen LogP contribution in [0.3, 0.4) is 0 Å². The van der Waals surface area contributed by atoms with E-state index >= 15 is 0 Å². The third kappa shape index (κ3) is 6.81. The highest BCUT2D eigenvalue weighted by atomic mass is 32.3. The largest absolute Gasteiger partial charge is 0.397 e. The molecule has 7 heteroatoms. The molecular weight excluding hydrogens is 210 g/mol. The first-order valence-corrected chi connectivity index (χ1v) is 5.59. The zero-order valence-electron chi connectivity index (χ0n) is 8.26. The summed E-state index contributed by atoms with van der Waals surface area (Å²) in [5.41, 5.74) is 0. The minimum Gasteiger partial charge on any atom is -0.346 e. The van der Waals surface area contributed by atoms with Crippen molar-refractivity contribution in [1.29, 1.82) is 0 Å². The Morgan fingerprint density at radius 3 is 2.21 bits per heavy atom. The standard InChI is InChI=1S/C5H9NO.C2H6O4S/c1-6-4-2-3-5(6)7;1-2-6-7(3,4)5/h2-4H2,1H3;2H2,1H3,(H,3,4,5). The summed E-state index contributed by atoms with van der Waals surface area (Å²) in [6.45, 7) is 2.39. The van der Waals surface area contributed by atoms with E-state index < -0.39 is 10.4 Å². The lowest BCUT2D eigenvalue weighted by Gasteiger charge is -2.03. The van der Waals surface area contributed by atoms with E-state index in [-0.39, 0.29) is 6.61 Å². The molecule has 0 unspecified atom stereocenters. The molecule has 1 aliphatic rings. The molecule has 0 aromatic rings. The molecular formula is C7H15NO5S. The zero-order valence-corrected chi connectivity index (χ0v) is 9.08. The number of carbonyl (C=O) groups is 1. The molecule has 0 bridgehead atoms. The van der Waals surface area contributed by atoms with Crippen LogP contribution < -0.4 is 0 Å². The molecule has 0 atom stereocenters. The fourth-order valence-corrected chi connectivity index (χ4v) is 1.23. The predicted molar refractivity (Wildman–Crippen MR) is 50.0 cm³/mol. The van der Waals surface area contributed by atoms with Gasteiger partial charge in [-0.05, 0) is 13.3 Å². The first-order chi connectivity index (χ1) is 6.37. The number of amides is 1. The van der Waals surface area contributed by atoms with Gasteiger partial charge in [-0.1, -0.05) is 0 Å². The van der Waals surface area contributed by atoms with E-state index in [2.05, 4.69) is 4.18 Å². The summed E-state index contributed by atoms with van der Waals surface area (Å²) in [7, 11) is -2.33. The van der Waals surface area contributed by atoms with Crippen LogP contribution >= 0.6 is 0 Å². The number of hydrogen-bond donors (Lipinski definition) is 1. The van der Waals surface area contributed by atoms with E-state index in [0.29, 0.717) is 5.91 Å². The van der Waals surface area contributed by atoms with Crippen molar-refractivity contribution in [2.45, 2.75) is 19.8 Å². The van der Waals surface area contributed by atoms with E-state index in [4.69, 9.17) is 4.55 Å². The molecule has 1 aliphatic heterocycles. The molecule has 84 valence electrons. The van der Waals surface area contributed by atoms with Crippen LogP contribution in [0.4, 0.5) is 0 Å². The molecule has 0 spiro atoms. The predicted octanol–water partition coefficient (Wildman–Crippen LogP) is 0.0643. The first-order valence-electron chi connectivity index (χ1n) is 4.22. The van der Waals surface area contributed by atoms with Crippen LogP contribution in [0.5, 0.6) is 0 Å². The van der Waals surface area contributed by atoms with Gasteiger partial charge in [0.25, 0.3) is 0 Å². The van der Waals surface area contributed by atoms with E-state index in [1.807, 2.05) is 7.05 Å². The van der Waals surface area contributed by atoms with Gasteiger partial charge < -0.3 is 4.90 Å². The third-order valence-corrected chi connectivity index (χ3v) is 2.11. The van der Waals surface area contributed by atoms with Gasteiger partial charge in [0.05, 0.1) is 6.61 Å². The lowest BCUT2D eigenvalue weighted by atomic mass is 10.4. The fraction of sp³-hybridized carbons (Fsp3) is 0.857. The summed E-state index contributed by atoms with van der Waals surface area (Å²) < 4.78 is 30.7. The number of rotatable bonds is 2. The molecule has 0 aliphatic carbocycles. The number of carbonyl (C=O) groups excluding carboxylic acids is 1. The second kappa shape index (κ2) is 5.94. The summed E-state index contributed by atoms with van der Waals surface area (Å²) >= 11 is 0. The molecule has 1 rings (SSSR count). The fourth-order valence-electron chi connectivity index (χ4n) is 0.932. The molecule has 6 nitrogen and oxygen atoms in total. The molecule has 1 heterocycles. The Labute approximate surface area is 83.8 Å². The van der Waals surface area contributed by atoms with Gasteiger partial charge in [0.1, 0.15) is 0 Å². The Morgan fingerprint density at radius 2 is 2.14 bits per heavy atom. The van der Waals surface area contributed by atoms with E-state index in [0.717, 1.165) is 19.4 Å². The van der Waals surface area contributed by atoms with Crippen molar-refractivity contribution in [3.05, 3.63) is 0 Å². The molecule has 1 N–H and O–H groups in total. The number of likely N-dealkylation sites (tertiary alicyclic amines) is 1. The maximum atomic E-state index is 10.5. The van der Waals surface area contributed by atoms with E-state index in [9.17, 15) is 13.2 Å². The maximum absolute atomic E-state index is 10.5. The van der Waals surface area contributed by atoms with Crippen LogP contribution in [-0.2, 0) is 19.4 Å². The SMILES string of the molecule is CCOS(=O)(=O)O.CN1CCCC1=O. The van der Waals surface area contributed by atoms with Gasteiger partial charge in [-0.3, -0.25) is 9.35 Å². The van der Waals surface area contributed by atoms with Crippen molar-refractivity contribution >= 4 is 16.3 Å². The molecule has 0 radical (unpaired) electrons. The highest BCUT2D eigenvalue weighted by Crippen LogP contribution is 2.04. The lowest BCUT2D eigenvalue weighted by molar-refractivity contribution is -0.126. The lowest BCUT2D eigenvalue weighted by Crippen LogP contribution is -2.17. The smallest absolute Gasteiger partial charge is 0.346 e. The van der Waals surface area contributed by atoms with Crippen LogP contribution in [0.25, 0.3) is 0 Å². The molecule has 1 amide bonds. The zero-order chi connectivity index (χ0) is 11.2. The highest BCUT2D eigenvalue weighted by molar-refractivity contribution is 7.80. The van der Waals surface area contributed by atoms with Gasteiger partial charge in [0, 0.05) is 20.0 Å². The average Bonchev–Trinajstić information content (AvgIpc) is 2.35. The molecule has 1 saturated heterocycles. The number of nitrogens with zero attached hydrogens (tertiary/aromatic N) is 1. The Bertz CT molecular complexity index is 274. The molecule has 1 fully saturated rings. The Hall–Kier alpha value is -0.660. The molecule has 0 aromatic carbocycles. The molecule has 14 heavy (non-hydrogen) atoms. The summed E-state index contributed by atoms with van der Waals surface area (Å²) in [6.07, 6.45) is 1.81. The van der Waals surface area contributed by atoms with Gasteiger partial charge >= 0.3 is 10.4 Å². The van der Waals surface area contributed by atoms with E-state index in [1.165, 1.54) is 6.92 Å². The molecule has 0 saturated carbocycles. The Balaban J connectivity index is 0.000000241. The van der Waals surface area contributed by atoms with Gasteiger partial charge in [-0.25, -0.2) is 4.18 Å².